The second-order valence-electron chi connectivity index (χ2n) is 3.30. The molecule has 0 N–H and O–H groups in total. The van der Waals surface area contributed by atoms with Crippen LogP contribution in [0.25, 0.3) is 0 Å². The lowest BCUT2D eigenvalue weighted by Crippen LogP contribution is -2.00. The molecule has 0 heterocycles. The molecule has 0 saturated carbocycles. The van der Waals surface area contributed by atoms with Crippen LogP contribution < -0.4 is 0 Å². The van der Waals surface area contributed by atoms with E-state index in [0.29, 0.717) is 13.2 Å². The first kappa shape index (κ1) is 13.8. The number of hydrogen-bond donors (Lipinski definition) is 0. The molecule has 1 aromatic carbocycles. The van der Waals surface area contributed by atoms with E-state index in [2.05, 4.69) is 15.9 Å². The summed E-state index contributed by atoms with van der Waals surface area (Å²) in [5.74, 6) is -0.379. The fourth-order valence-corrected chi connectivity index (χ4v) is 1.45. The van der Waals surface area contributed by atoms with Crippen molar-refractivity contribution in [3.05, 3.63) is 46.6 Å². The van der Waals surface area contributed by atoms with Crippen LogP contribution >= 0.6 is 15.9 Å². The summed E-state index contributed by atoms with van der Waals surface area (Å²) >= 11 is 3.38. The standard InChI is InChI=1S/C13H15BrO3/c1-2-17-13(15)8-10-16-9-7-11-3-5-12(14)6-4-11/h3-6,8,10H,2,7,9H2,1H3/b10-8+. The van der Waals surface area contributed by atoms with Gasteiger partial charge in [0, 0.05) is 10.9 Å². The first-order valence-electron chi connectivity index (χ1n) is 5.41. The zero-order valence-corrected chi connectivity index (χ0v) is 11.3. The molecule has 0 aliphatic rings. The van der Waals surface area contributed by atoms with E-state index in [1.54, 1.807) is 6.92 Å². The summed E-state index contributed by atoms with van der Waals surface area (Å²) in [6, 6.07) is 8.04. The topological polar surface area (TPSA) is 35.5 Å². The van der Waals surface area contributed by atoms with Crippen LogP contribution in [0.3, 0.4) is 0 Å². The number of rotatable bonds is 6. The highest BCUT2D eigenvalue weighted by molar-refractivity contribution is 9.10. The molecule has 3 nitrogen and oxygen atoms in total. The number of ether oxygens (including phenoxy) is 2. The van der Waals surface area contributed by atoms with Gasteiger partial charge in [0.1, 0.15) is 0 Å². The molecule has 0 amide bonds. The van der Waals surface area contributed by atoms with Crippen LogP contribution in [0.4, 0.5) is 0 Å². The second-order valence-corrected chi connectivity index (χ2v) is 4.22. The Morgan fingerprint density at radius 3 is 2.71 bits per heavy atom. The number of esters is 1. The van der Waals surface area contributed by atoms with Gasteiger partial charge in [-0.05, 0) is 24.6 Å². The molecule has 0 aliphatic heterocycles. The van der Waals surface area contributed by atoms with E-state index in [0.717, 1.165) is 10.9 Å². The maximum atomic E-state index is 10.9. The van der Waals surface area contributed by atoms with E-state index in [4.69, 9.17) is 9.47 Å². The Hall–Kier alpha value is -1.29. The number of carbonyl (C=O) groups is 1. The number of halogens is 1. The Morgan fingerprint density at radius 1 is 1.35 bits per heavy atom. The van der Waals surface area contributed by atoms with Gasteiger partial charge in [0.25, 0.3) is 0 Å². The molecule has 0 saturated heterocycles. The van der Waals surface area contributed by atoms with Crippen molar-refractivity contribution in [3.8, 4) is 0 Å². The first-order chi connectivity index (χ1) is 8.22. The van der Waals surface area contributed by atoms with Gasteiger partial charge in [-0.25, -0.2) is 4.79 Å². The van der Waals surface area contributed by atoms with Crippen molar-refractivity contribution in [2.24, 2.45) is 0 Å². The molecular formula is C13H15BrO3. The molecule has 0 aromatic heterocycles. The average Bonchev–Trinajstić information content (AvgIpc) is 2.31. The highest BCUT2D eigenvalue weighted by Crippen LogP contribution is 2.10. The van der Waals surface area contributed by atoms with Crippen LogP contribution in [0, 0.1) is 0 Å². The Morgan fingerprint density at radius 2 is 2.06 bits per heavy atom. The smallest absolute Gasteiger partial charge is 0.333 e. The van der Waals surface area contributed by atoms with E-state index in [-0.39, 0.29) is 5.97 Å². The fraction of sp³-hybridized carbons (Fsp3) is 0.308. The van der Waals surface area contributed by atoms with Crippen LogP contribution in [-0.2, 0) is 20.7 Å². The number of carbonyl (C=O) groups excluding carboxylic acids is 1. The lowest BCUT2D eigenvalue weighted by atomic mass is 10.2. The highest BCUT2D eigenvalue weighted by atomic mass is 79.9. The molecule has 4 heteroatoms. The highest BCUT2D eigenvalue weighted by Gasteiger charge is 1.94. The van der Waals surface area contributed by atoms with Gasteiger partial charge in [0.2, 0.25) is 0 Å². The van der Waals surface area contributed by atoms with Crippen LogP contribution in [0.2, 0.25) is 0 Å². The predicted molar refractivity (Wildman–Crippen MR) is 69.6 cm³/mol. The summed E-state index contributed by atoms with van der Waals surface area (Å²) < 4.78 is 11.0. The van der Waals surface area contributed by atoms with E-state index >= 15 is 0 Å². The molecule has 1 aromatic rings. The minimum Gasteiger partial charge on any atom is -0.501 e. The van der Waals surface area contributed by atoms with Crippen molar-refractivity contribution in [1.29, 1.82) is 0 Å². The first-order valence-corrected chi connectivity index (χ1v) is 6.21. The Bertz CT molecular complexity index is 371. The summed E-state index contributed by atoms with van der Waals surface area (Å²) in [6.07, 6.45) is 3.46. The van der Waals surface area contributed by atoms with Gasteiger partial charge in [-0.2, -0.15) is 0 Å². The van der Waals surface area contributed by atoms with E-state index in [9.17, 15) is 4.79 Å². The van der Waals surface area contributed by atoms with Gasteiger partial charge in [-0.15, -0.1) is 0 Å². The molecule has 0 bridgehead atoms. The van der Waals surface area contributed by atoms with Crippen molar-refractivity contribution in [1.82, 2.24) is 0 Å². The SMILES string of the molecule is CCOC(=O)/C=C/OCCc1ccc(Br)cc1. The van der Waals surface area contributed by atoms with Crippen LogP contribution in [0.1, 0.15) is 12.5 Å². The fourth-order valence-electron chi connectivity index (χ4n) is 1.19. The third kappa shape index (κ3) is 6.12. The molecule has 0 fully saturated rings. The Kier molecular flexibility index (Phi) is 6.40. The maximum absolute atomic E-state index is 10.9. The maximum Gasteiger partial charge on any atom is 0.333 e. The summed E-state index contributed by atoms with van der Waals surface area (Å²) in [7, 11) is 0. The van der Waals surface area contributed by atoms with E-state index < -0.39 is 0 Å². The molecule has 1 rings (SSSR count). The molecule has 17 heavy (non-hydrogen) atoms. The normalized spacial score (nSPS) is 10.5. The quantitative estimate of drug-likeness (QED) is 0.350. The van der Waals surface area contributed by atoms with Crippen molar-refractivity contribution in [2.75, 3.05) is 13.2 Å². The minimum absolute atomic E-state index is 0.377. The van der Waals surface area contributed by atoms with Crippen LogP contribution in [0.5, 0.6) is 0 Å². The Balaban J connectivity index is 2.20. The molecule has 0 radical (unpaired) electrons. The average molecular weight is 299 g/mol. The minimum atomic E-state index is -0.379. The molecule has 0 aliphatic carbocycles. The molecular weight excluding hydrogens is 284 g/mol. The van der Waals surface area contributed by atoms with Crippen molar-refractivity contribution in [3.63, 3.8) is 0 Å². The van der Waals surface area contributed by atoms with Crippen LogP contribution in [-0.4, -0.2) is 19.2 Å². The van der Waals surface area contributed by atoms with Gasteiger partial charge in [0.15, 0.2) is 0 Å². The summed E-state index contributed by atoms with van der Waals surface area (Å²) in [5.41, 5.74) is 1.19. The van der Waals surface area contributed by atoms with Gasteiger partial charge < -0.3 is 9.47 Å². The number of hydrogen-bond acceptors (Lipinski definition) is 3. The third-order valence-corrected chi connectivity index (χ3v) is 2.54. The molecule has 0 unspecified atom stereocenters. The lowest BCUT2D eigenvalue weighted by Gasteiger charge is -2.01. The summed E-state index contributed by atoms with van der Waals surface area (Å²) in [6.45, 7) is 2.68. The molecule has 92 valence electrons. The summed E-state index contributed by atoms with van der Waals surface area (Å²) in [5, 5.41) is 0. The largest absolute Gasteiger partial charge is 0.501 e. The van der Waals surface area contributed by atoms with Gasteiger partial charge in [-0.3, -0.25) is 0 Å². The van der Waals surface area contributed by atoms with E-state index in [1.807, 2.05) is 24.3 Å². The van der Waals surface area contributed by atoms with Gasteiger partial charge in [-0.1, -0.05) is 28.1 Å². The molecule has 0 spiro atoms. The van der Waals surface area contributed by atoms with Gasteiger partial charge >= 0.3 is 5.97 Å². The predicted octanol–water partition coefficient (Wildman–Crippen LogP) is 3.09. The number of benzene rings is 1. The lowest BCUT2D eigenvalue weighted by molar-refractivity contribution is -0.137. The second kappa shape index (κ2) is 7.90. The Labute approximate surface area is 110 Å². The van der Waals surface area contributed by atoms with Crippen LogP contribution in [0.15, 0.2) is 41.1 Å². The van der Waals surface area contributed by atoms with Crippen molar-refractivity contribution in [2.45, 2.75) is 13.3 Å². The van der Waals surface area contributed by atoms with Gasteiger partial charge in [0.05, 0.1) is 25.6 Å². The zero-order valence-electron chi connectivity index (χ0n) is 9.69. The third-order valence-electron chi connectivity index (χ3n) is 2.01. The van der Waals surface area contributed by atoms with E-state index in [1.165, 1.54) is 17.9 Å². The molecule has 0 atom stereocenters. The van der Waals surface area contributed by atoms with Crippen molar-refractivity contribution >= 4 is 21.9 Å². The summed E-state index contributed by atoms with van der Waals surface area (Å²) in [4.78, 5) is 10.9. The zero-order chi connectivity index (χ0) is 12.5. The monoisotopic (exact) mass is 298 g/mol. The van der Waals surface area contributed by atoms with Crippen molar-refractivity contribution < 1.29 is 14.3 Å².